The molecule has 4 nitrogen and oxygen atoms in total. The zero-order valence-corrected chi connectivity index (χ0v) is 10.3. The molecular formula is C9H21O4P. The molecule has 0 heterocycles. The maximum absolute atomic E-state index is 8.47. The minimum absolute atomic E-state index is 0.135. The Bertz CT molecular complexity index is 120. The Morgan fingerprint density at radius 1 is 1.07 bits per heavy atom. The second-order valence-electron chi connectivity index (χ2n) is 3.53. The third kappa shape index (κ3) is 8.85. The molecule has 0 rings (SSSR count). The lowest BCUT2D eigenvalue weighted by Gasteiger charge is -2.22. The number of hydrogen-bond donors (Lipinski definition) is 1. The fourth-order valence-corrected chi connectivity index (χ4v) is 1.19. The zero-order chi connectivity index (χ0) is 11.0. The first kappa shape index (κ1) is 14.3. The summed E-state index contributed by atoms with van der Waals surface area (Å²) in [6.45, 7) is 8.31. The third-order valence-electron chi connectivity index (χ3n) is 1.37. The molecule has 0 fully saturated rings. The van der Waals surface area contributed by atoms with Crippen molar-refractivity contribution in [3.63, 3.8) is 0 Å². The van der Waals surface area contributed by atoms with Gasteiger partial charge in [0.2, 0.25) is 0 Å². The van der Waals surface area contributed by atoms with Gasteiger partial charge in [-0.25, -0.2) is 0 Å². The molecule has 86 valence electrons. The van der Waals surface area contributed by atoms with Gasteiger partial charge in [-0.15, -0.1) is 0 Å². The highest BCUT2D eigenvalue weighted by molar-refractivity contribution is 7.24. The van der Waals surface area contributed by atoms with Crippen molar-refractivity contribution < 1.29 is 18.9 Å². The molecule has 14 heavy (non-hydrogen) atoms. The topological polar surface area (TPSA) is 47.9 Å². The molecule has 0 aromatic carbocycles. The van der Waals surface area contributed by atoms with Crippen LogP contribution in [0.5, 0.6) is 0 Å². The summed E-state index contributed by atoms with van der Waals surface area (Å²) < 4.78 is 15.9. The summed E-state index contributed by atoms with van der Waals surface area (Å²) in [5, 5.41) is 0. The van der Waals surface area contributed by atoms with E-state index < -0.39 is 9.03 Å². The van der Waals surface area contributed by atoms with E-state index in [0.29, 0.717) is 13.0 Å². The lowest BCUT2D eigenvalue weighted by molar-refractivity contribution is -0.185. The number of rotatable bonds is 8. The van der Waals surface area contributed by atoms with Crippen molar-refractivity contribution in [3.05, 3.63) is 0 Å². The van der Waals surface area contributed by atoms with Gasteiger partial charge in [-0.2, -0.15) is 0 Å². The maximum atomic E-state index is 8.47. The van der Waals surface area contributed by atoms with Gasteiger partial charge in [-0.3, -0.25) is 0 Å². The smallest absolute Gasteiger partial charge is 0.160 e. The van der Waals surface area contributed by atoms with Crippen molar-refractivity contribution in [1.29, 1.82) is 0 Å². The molecule has 5 heteroatoms. The molecule has 0 bridgehead atoms. The highest BCUT2D eigenvalue weighted by Gasteiger charge is 2.13. The summed E-state index contributed by atoms with van der Waals surface area (Å²) in [6.07, 6.45) is 0.668. The van der Waals surface area contributed by atoms with Gasteiger partial charge >= 0.3 is 0 Å². The highest BCUT2D eigenvalue weighted by Crippen LogP contribution is 2.11. The van der Waals surface area contributed by atoms with Gasteiger partial charge in [-0.1, -0.05) is 0 Å². The molecule has 0 aromatic heterocycles. The van der Waals surface area contributed by atoms with Crippen LogP contribution in [0, 0.1) is 0 Å². The first-order valence-electron chi connectivity index (χ1n) is 4.88. The SMILES string of the molecule is CC(C)OC(CCOPO)OC(C)C. The highest BCUT2D eigenvalue weighted by atomic mass is 31.1. The van der Waals surface area contributed by atoms with Crippen LogP contribution in [0.4, 0.5) is 0 Å². The standard InChI is InChI=1S/C9H21O4P/c1-7(2)12-9(13-8(3)4)5-6-11-14-10/h7-10,14H,5-6H2,1-4H3. The van der Waals surface area contributed by atoms with Crippen molar-refractivity contribution in [2.45, 2.75) is 52.6 Å². The van der Waals surface area contributed by atoms with Crippen LogP contribution in [-0.2, 0) is 14.0 Å². The molecule has 0 amide bonds. The molecule has 1 atom stereocenters. The first-order chi connectivity index (χ1) is 6.56. The second-order valence-corrected chi connectivity index (χ2v) is 4.00. The van der Waals surface area contributed by atoms with Gasteiger partial charge in [0.15, 0.2) is 15.3 Å². The Morgan fingerprint density at radius 3 is 1.93 bits per heavy atom. The Balaban J connectivity index is 3.72. The molecule has 0 saturated heterocycles. The summed E-state index contributed by atoms with van der Waals surface area (Å²) in [7, 11) is -0.462. The van der Waals surface area contributed by atoms with Crippen LogP contribution < -0.4 is 0 Å². The van der Waals surface area contributed by atoms with Gasteiger partial charge in [0.1, 0.15) is 0 Å². The predicted molar refractivity (Wildman–Crippen MR) is 57.3 cm³/mol. The van der Waals surface area contributed by atoms with Gasteiger partial charge in [0.25, 0.3) is 0 Å². The summed E-state index contributed by atoms with van der Waals surface area (Å²) in [5.74, 6) is 0. The Hall–Kier alpha value is 0.270. The molecule has 0 spiro atoms. The first-order valence-corrected chi connectivity index (χ1v) is 5.73. The van der Waals surface area contributed by atoms with E-state index in [2.05, 4.69) is 0 Å². The van der Waals surface area contributed by atoms with Gasteiger partial charge < -0.3 is 18.9 Å². The minimum atomic E-state index is -0.462. The van der Waals surface area contributed by atoms with Gasteiger partial charge in [0, 0.05) is 6.42 Å². The van der Waals surface area contributed by atoms with E-state index in [1.54, 1.807) is 0 Å². The fourth-order valence-electron chi connectivity index (χ4n) is 0.976. The van der Waals surface area contributed by atoms with Crippen LogP contribution in [0.2, 0.25) is 0 Å². The summed E-state index contributed by atoms with van der Waals surface area (Å²) in [5.41, 5.74) is 0. The van der Waals surface area contributed by atoms with Crippen LogP contribution in [-0.4, -0.2) is 30.0 Å². The summed E-state index contributed by atoms with van der Waals surface area (Å²) in [4.78, 5) is 8.47. The molecule has 1 unspecified atom stereocenters. The monoisotopic (exact) mass is 224 g/mol. The van der Waals surface area contributed by atoms with Gasteiger partial charge in [-0.05, 0) is 27.7 Å². The predicted octanol–water partition coefficient (Wildman–Crippen LogP) is 2.07. The van der Waals surface area contributed by atoms with E-state index in [9.17, 15) is 0 Å². The van der Waals surface area contributed by atoms with Crippen molar-refractivity contribution in [1.82, 2.24) is 0 Å². The molecule has 0 aromatic rings. The average molecular weight is 224 g/mol. The number of hydrogen-bond acceptors (Lipinski definition) is 4. The molecule has 1 N–H and O–H groups in total. The summed E-state index contributed by atoms with van der Waals surface area (Å²) >= 11 is 0. The van der Waals surface area contributed by atoms with E-state index in [4.69, 9.17) is 18.9 Å². The molecule has 0 aliphatic heterocycles. The number of ether oxygens (including phenoxy) is 2. The van der Waals surface area contributed by atoms with Crippen molar-refractivity contribution in [2.24, 2.45) is 0 Å². The van der Waals surface area contributed by atoms with Crippen LogP contribution in [0.25, 0.3) is 0 Å². The zero-order valence-electron chi connectivity index (χ0n) is 9.32. The van der Waals surface area contributed by atoms with E-state index in [0.717, 1.165) is 0 Å². The fraction of sp³-hybridized carbons (Fsp3) is 1.00. The van der Waals surface area contributed by atoms with E-state index in [-0.39, 0.29) is 18.5 Å². The van der Waals surface area contributed by atoms with Crippen molar-refractivity contribution in [2.75, 3.05) is 6.61 Å². The Kier molecular flexibility index (Phi) is 8.73. The van der Waals surface area contributed by atoms with Crippen LogP contribution in [0.15, 0.2) is 0 Å². The second kappa shape index (κ2) is 8.57. The third-order valence-corrected chi connectivity index (χ3v) is 1.70. The maximum Gasteiger partial charge on any atom is 0.160 e. The molecule has 0 saturated carbocycles. The largest absolute Gasteiger partial charge is 0.352 e. The van der Waals surface area contributed by atoms with E-state index >= 15 is 0 Å². The molecule has 0 radical (unpaired) electrons. The average Bonchev–Trinajstić information content (AvgIpc) is 2.02. The molecular weight excluding hydrogens is 203 g/mol. The van der Waals surface area contributed by atoms with E-state index in [1.165, 1.54) is 0 Å². The Morgan fingerprint density at radius 2 is 1.57 bits per heavy atom. The van der Waals surface area contributed by atoms with Crippen LogP contribution in [0.3, 0.4) is 0 Å². The van der Waals surface area contributed by atoms with Crippen LogP contribution >= 0.6 is 9.03 Å². The van der Waals surface area contributed by atoms with Crippen molar-refractivity contribution >= 4 is 9.03 Å². The van der Waals surface area contributed by atoms with E-state index in [1.807, 2.05) is 27.7 Å². The van der Waals surface area contributed by atoms with Crippen molar-refractivity contribution in [3.8, 4) is 0 Å². The lowest BCUT2D eigenvalue weighted by atomic mass is 10.4. The van der Waals surface area contributed by atoms with Gasteiger partial charge in [0.05, 0.1) is 18.8 Å². The summed E-state index contributed by atoms with van der Waals surface area (Å²) in [6, 6.07) is 0. The normalized spacial score (nSPS) is 12.9. The lowest BCUT2D eigenvalue weighted by Crippen LogP contribution is -2.25. The molecule has 0 aliphatic carbocycles. The Labute approximate surface area is 87.9 Å². The van der Waals surface area contributed by atoms with Crippen LogP contribution in [0.1, 0.15) is 34.1 Å². The minimum Gasteiger partial charge on any atom is -0.352 e. The molecule has 0 aliphatic rings. The quantitative estimate of drug-likeness (QED) is 0.389.